The van der Waals surface area contributed by atoms with Crippen molar-refractivity contribution in [2.75, 3.05) is 23.9 Å². The molecule has 1 amide bonds. The predicted octanol–water partition coefficient (Wildman–Crippen LogP) is 0.328. The molecule has 6 heteroatoms. The first-order chi connectivity index (χ1) is 8.02. The number of nitrogens with one attached hydrogen (secondary N) is 2. The van der Waals surface area contributed by atoms with Crippen molar-refractivity contribution in [3.05, 3.63) is 18.2 Å². The van der Waals surface area contributed by atoms with Crippen LogP contribution in [0.1, 0.15) is 13.8 Å². The Kier molecular flexibility index (Phi) is 4.71. The Morgan fingerprint density at radius 1 is 1.53 bits per heavy atom. The number of aromatic nitrogens is 1. The molecule has 17 heavy (non-hydrogen) atoms. The van der Waals surface area contributed by atoms with E-state index in [1.165, 1.54) is 0 Å². The second-order valence-corrected chi connectivity index (χ2v) is 4.10. The predicted molar refractivity (Wildman–Crippen MR) is 68.6 cm³/mol. The van der Waals surface area contributed by atoms with Gasteiger partial charge in [-0.1, -0.05) is 6.07 Å². The van der Waals surface area contributed by atoms with Crippen molar-refractivity contribution in [1.29, 1.82) is 0 Å². The van der Waals surface area contributed by atoms with E-state index in [4.69, 9.17) is 5.84 Å². The highest BCUT2D eigenvalue weighted by Gasteiger charge is 2.09. The lowest BCUT2D eigenvalue weighted by Gasteiger charge is -2.19. The molecule has 0 unspecified atom stereocenters. The number of hydrazine groups is 1. The van der Waals surface area contributed by atoms with E-state index < -0.39 is 0 Å². The highest BCUT2D eigenvalue weighted by atomic mass is 16.2. The third kappa shape index (κ3) is 4.28. The molecule has 0 atom stereocenters. The van der Waals surface area contributed by atoms with Gasteiger partial charge in [0.1, 0.15) is 11.6 Å². The summed E-state index contributed by atoms with van der Waals surface area (Å²) < 4.78 is 0. The minimum absolute atomic E-state index is 0.0320. The lowest BCUT2D eigenvalue weighted by atomic mass is 10.3. The van der Waals surface area contributed by atoms with Crippen LogP contribution in [0.3, 0.4) is 0 Å². The molecule has 0 radical (unpaired) electrons. The average Bonchev–Trinajstić information content (AvgIpc) is 2.27. The van der Waals surface area contributed by atoms with E-state index in [9.17, 15) is 4.79 Å². The summed E-state index contributed by atoms with van der Waals surface area (Å²) in [6.07, 6.45) is 0. The molecule has 0 saturated carbocycles. The Balaban J connectivity index is 2.62. The molecular formula is C11H19N5O. The van der Waals surface area contributed by atoms with Gasteiger partial charge in [-0.25, -0.2) is 10.8 Å². The number of nitrogens with two attached hydrogens (primary N) is 1. The van der Waals surface area contributed by atoms with Crippen LogP contribution in [-0.4, -0.2) is 30.5 Å². The van der Waals surface area contributed by atoms with E-state index >= 15 is 0 Å². The van der Waals surface area contributed by atoms with Crippen LogP contribution >= 0.6 is 0 Å². The van der Waals surface area contributed by atoms with Gasteiger partial charge in [-0.3, -0.25) is 4.79 Å². The molecule has 0 aromatic carbocycles. The average molecular weight is 237 g/mol. The molecule has 0 fully saturated rings. The number of amides is 1. The summed E-state index contributed by atoms with van der Waals surface area (Å²) in [4.78, 5) is 17.6. The Hall–Kier alpha value is -1.82. The second kappa shape index (κ2) is 6.05. The molecule has 0 bridgehead atoms. The normalized spacial score (nSPS) is 10.2. The lowest BCUT2D eigenvalue weighted by Crippen LogP contribution is -2.38. The molecule has 1 heterocycles. The largest absolute Gasteiger partial charge is 0.352 e. The molecule has 0 aliphatic rings. The first kappa shape index (κ1) is 13.2. The molecule has 94 valence electrons. The van der Waals surface area contributed by atoms with Crippen LogP contribution in [-0.2, 0) is 4.79 Å². The van der Waals surface area contributed by atoms with Crippen molar-refractivity contribution in [1.82, 2.24) is 10.3 Å². The van der Waals surface area contributed by atoms with Gasteiger partial charge < -0.3 is 15.6 Å². The summed E-state index contributed by atoms with van der Waals surface area (Å²) in [5, 5.41) is 2.82. The van der Waals surface area contributed by atoms with Gasteiger partial charge in [0.2, 0.25) is 5.91 Å². The summed E-state index contributed by atoms with van der Waals surface area (Å²) in [6, 6.07) is 5.55. The van der Waals surface area contributed by atoms with Crippen LogP contribution < -0.4 is 21.5 Å². The standard InChI is InChI=1S/C11H19N5O/c1-8(2)13-11(17)7-16(3)10-6-4-5-9(14-10)15-12/h4-6,8H,7,12H2,1-3H3,(H,13,17)(H,14,15). The minimum Gasteiger partial charge on any atom is -0.352 e. The minimum atomic E-state index is -0.0320. The van der Waals surface area contributed by atoms with Gasteiger partial charge in [-0.2, -0.15) is 0 Å². The number of anilines is 2. The van der Waals surface area contributed by atoms with Crippen LogP contribution in [0.15, 0.2) is 18.2 Å². The van der Waals surface area contributed by atoms with E-state index in [0.717, 1.165) is 0 Å². The fourth-order valence-electron chi connectivity index (χ4n) is 1.38. The third-order valence-electron chi connectivity index (χ3n) is 2.10. The number of rotatable bonds is 5. The van der Waals surface area contributed by atoms with Crippen molar-refractivity contribution in [2.24, 2.45) is 5.84 Å². The Morgan fingerprint density at radius 2 is 2.24 bits per heavy atom. The molecule has 0 saturated heterocycles. The number of likely N-dealkylation sites (N-methyl/N-ethyl adjacent to an activating group) is 1. The van der Waals surface area contributed by atoms with Crippen molar-refractivity contribution < 1.29 is 4.79 Å². The Bertz CT molecular complexity index is 380. The maximum Gasteiger partial charge on any atom is 0.239 e. The van der Waals surface area contributed by atoms with Crippen molar-refractivity contribution >= 4 is 17.5 Å². The van der Waals surface area contributed by atoms with Crippen LogP contribution in [0.4, 0.5) is 11.6 Å². The smallest absolute Gasteiger partial charge is 0.239 e. The van der Waals surface area contributed by atoms with Gasteiger partial charge >= 0.3 is 0 Å². The first-order valence-corrected chi connectivity index (χ1v) is 5.47. The summed E-state index contributed by atoms with van der Waals surface area (Å²) >= 11 is 0. The number of carbonyl (C=O) groups excluding carboxylic acids is 1. The Morgan fingerprint density at radius 3 is 2.82 bits per heavy atom. The van der Waals surface area contributed by atoms with E-state index in [1.54, 1.807) is 11.0 Å². The number of nitrogen functional groups attached to an aromatic ring is 1. The zero-order valence-corrected chi connectivity index (χ0v) is 10.4. The van der Waals surface area contributed by atoms with Gasteiger partial charge in [-0.15, -0.1) is 0 Å². The zero-order valence-electron chi connectivity index (χ0n) is 10.4. The molecule has 6 nitrogen and oxygen atoms in total. The highest BCUT2D eigenvalue weighted by Crippen LogP contribution is 2.11. The number of pyridine rings is 1. The highest BCUT2D eigenvalue weighted by molar-refractivity contribution is 5.81. The van der Waals surface area contributed by atoms with Crippen molar-refractivity contribution in [2.45, 2.75) is 19.9 Å². The SMILES string of the molecule is CC(C)NC(=O)CN(C)c1cccc(NN)n1. The summed E-state index contributed by atoms with van der Waals surface area (Å²) in [6.45, 7) is 4.11. The number of hydrogen-bond acceptors (Lipinski definition) is 5. The number of nitrogens with zero attached hydrogens (tertiary/aromatic N) is 2. The van der Waals surface area contributed by atoms with Crippen molar-refractivity contribution in [3.63, 3.8) is 0 Å². The summed E-state index contributed by atoms with van der Waals surface area (Å²) in [5.74, 6) is 6.51. The fourth-order valence-corrected chi connectivity index (χ4v) is 1.38. The molecule has 4 N–H and O–H groups in total. The second-order valence-electron chi connectivity index (χ2n) is 4.10. The number of carbonyl (C=O) groups is 1. The van der Waals surface area contributed by atoms with Gasteiger partial charge in [0.25, 0.3) is 0 Å². The third-order valence-corrected chi connectivity index (χ3v) is 2.10. The molecule has 1 aromatic heterocycles. The topological polar surface area (TPSA) is 83.3 Å². The van der Waals surface area contributed by atoms with Crippen molar-refractivity contribution in [3.8, 4) is 0 Å². The quantitative estimate of drug-likeness (QED) is 0.507. The van der Waals surface area contributed by atoms with E-state index in [2.05, 4.69) is 15.7 Å². The molecule has 1 aromatic rings. The molecule has 1 rings (SSSR count). The van der Waals surface area contributed by atoms with Crippen LogP contribution in [0.25, 0.3) is 0 Å². The summed E-state index contributed by atoms with van der Waals surface area (Å²) in [7, 11) is 1.81. The molecule has 0 spiro atoms. The van der Waals surface area contributed by atoms with Crippen LogP contribution in [0.5, 0.6) is 0 Å². The summed E-state index contributed by atoms with van der Waals surface area (Å²) in [5.41, 5.74) is 2.47. The zero-order chi connectivity index (χ0) is 12.8. The lowest BCUT2D eigenvalue weighted by molar-refractivity contribution is -0.120. The van der Waals surface area contributed by atoms with Gasteiger partial charge in [0, 0.05) is 13.1 Å². The van der Waals surface area contributed by atoms with E-state index in [-0.39, 0.29) is 18.5 Å². The number of hydrogen-bond donors (Lipinski definition) is 3. The monoisotopic (exact) mass is 237 g/mol. The fraction of sp³-hybridized carbons (Fsp3) is 0.455. The van der Waals surface area contributed by atoms with E-state index in [1.807, 2.05) is 33.0 Å². The van der Waals surface area contributed by atoms with Crippen LogP contribution in [0, 0.1) is 0 Å². The molecule has 0 aliphatic carbocycles. The van der Waals surface area contributed by atoms with E-state index in [0.29, 0.717) is 11.6 Å². The maximum atomic E-state index is 11.6. The van der Waals surface area contributed by atoms with Gasteiger partial charge in [0.05, 0.1) is 6.54 Å². The first-order valence-electron chi connectivity index (χ1n) is 5.47. The van der Waals surface area contributed by atoms with Crippen LogP contribution in [0.2, 0.25) is 0 Å². The van der Waals surface area contributed by atoms with Gasteiger partial charge in [0.15, 0.2) is 0 Å². The Labute approximate surface area is 101 Å². The molecular weight excluding hydrogens is 218 g/mol. The maximum absolute atomic E-state index is 11.6. The van der Waals surface area contributed by atoms with Gasteiger partial charge in [-0.05, 0) is 26.0 Å². The molecule has 0 aliphatic heterocycles.